The Bertz CT molecular complexity index is 209. The van der Waals surface area contributed by atoms with Crippen molar-refractivity contribution in [2.45, 2.75) is 27.3 Å². The first-order valence-electron chi connectivity index (χ1n) is 3.92. The second-order valence-electron chi connectivity index (χ2n) is 1.84. The van der Waals surface area contributed by atoms with Crippen molar-refractivity contribution in [1.82, 2.24) is 10.3 Å². The van der Waals surface area contributed by atoms with Crippen LogP contribution in [0, 0.1) is 0 Å². The van der Waals surface area contributed by atoms with Gasteiger partial charge in [-0.05, 0) is 0 Å². The topological polar surface area (TPSA) is 42.0 Å². The van der Waals surface area contributed by atoms with Crippen molar-refractivity contribution in [3.8, 4) is 0 Å². The van der Waals surface area contributed by atoms with E-state index in [1.165, 1.54) is 18.3 Å². The second-order valence-corrected chi connectivity index (χ2v) is 2.81. The van der Waals surface area contributed by atoms with Crippen LogP contribution in [0.4, 0.5) is 0 Å². The summed E-state index contributed by atoms with van der Waals surface area (Å²) in [4.78, 5) is 14.4. The number of amides is 1. The van der Waals surface area contributed by atoms with Gasteiger partial charge in [-0.2, -0.15) is 0 Å². The molecule has 0 aromatic carbocycles. The van der Waals surface area contributed by atoms with Crippen molar-refractivity contribution in [2.75, 3.05) is 0 Å². The number of carbonyl (C=O) groups is 1. The van der Waals surface area contributed by atoms with Crippen molar-refractivity contribution in [2.24, 2.45) is 0 Å². The van der Waals surface area contributed by atoms with Gasteiger partial charge in [-0.3, -0.25) is 4.79 Å². The van der Waals surface area contributed by atoms with Crippen LogP contribution in [-0.4, -0.2) is 10.9 Å². The van der Waals surface area contributed by atoms with Crippen molar-refractivity contribution in [3.05, 3.63) is 16.6 Å². The Morgan fingerprint density at radius 1 is 1.67 bits per heavy atom. The van der Waals surface area contributed by atoms with Crippen LogP contribution in [0.15, 0.2) is 11.6 Å². The number of hydrogen-bond donors (Lipinski definition) is 1. The Morgan fingerprint density at radius 3 is 2.75 bits per heavy atom. The van der Waals surface area contributed by atoms with Crippen LogP contribution < -0.4 is 5.32 Å². The summed E-state index contributed by atoms with van der Waals surface area (Å²) in [6.45, 7) is 6.04. The molecule has 1 rings (SSSR count). The highest BCUT2D eigenvalue weighted by molar-refractivity contribution is 7.09. The number of rotatable bonds is 2. The van der Waals surface area contributed by atoms with Gasteiger partial charge in [0.25, 0.3) is 0 Å². The van der Waals surface area contributed by atoms with Gasteiger partial charge in [0.1, 0.15) is 5.01 Å². The molecule has 1 aromatic heterocycles. The SMILES string of the molecule is CC.CC(=O)NCc1nccs1. The van der Waals surface area contributed by atoms with E-state index < -0.39 is 0 Å². The van der Waals surface area contributed by atoms with E-state index in [2.05, 4.69) is 10.3 Å². The molecule has 0 saturated heterocycles. The summed E-state index contributed by atoms with van der Waals surface area (Å²) in [5, 5.41) is 5.48. The molecule has 0 bridgehead atoms. The molecule has 0 fully saturated rings. The zero-order chi connectivity index (χ0) is 9.40. The molecule has 1 heterocycles. The molecule has 12 heavy (non-hydrogen) atoms. The van der Waals surface area contributed by atoms with Crippen molar-refractivity contribution in [1.29, 1.82) is 0 Å². The van der Waals surface area contributed by atoms with Crippen LogP contribution >= 0.6 is 11.3 Å². The fraction of sp³-hybridized carbons (Fsp3) is 0.500. The monoisotopic (exact) mass is 186 g/mol. The first kappa shape index (κ1) is 11.1. The highest BCUT2D eigenvalue weighted by Crippen LogP contribution is 2.01. The van der Waals surface area contributed by atoms with Gasteiger partial charge >= 0.3 is 0 Å². The molecule has 0 unspecified atom stereocenters. The lowest BCUT2D eigenvalue weighted by Crippen LogP contribution is -2.18. The minimum atomic E-state index is -0.0183. The van der Waals surface area contributed by atoms with Gasteiger partial charge in [-0.25, -0.2) is 4.98 Å². The number of thiazole rings is 1. The average molecular weight is 186 g/mol. The molecule has 0 spiro atoms. The van der Waals surface area contributed by atoms with E-state index in [4.69, 9.17) is 0 Å². The second kappa shape index (κ2) is 6.79. The molecule has 68 valence electrons. The smallest absolute Gasteiger partial charge is 0.217 e. The molecule has 0 atom stereocenters. The first-order chi connectivity index (χ1) is 5.79. The highest BCUT2D eigenvalue weighted by Gasteiger charge is 1.94. The molecule has 3 nitrogen and oxygen atoms in total. The van der Waals surface area contributed by atoms with Crippen LogP contribution in [0.5, 0.6) is 0 Å². The van der Waals surface area contributed by atoms with E-state index in [1.54, 1.807) is 6.20 Å². The standard InChI is InChI=1S/C6H8N2OS.C2H6/c1-5(9)8-4-6-7-2-3-10-6;1-2/h2-3H,4H2,1H3,(H,8,9);1-2H3. The summed E-state index contributed by atoms with van der Waals surface area (Å²) in [5.74, 6) is -0.0183. The largest absolute Gasteiger partial charge is 0.350 e. The van der Waals surface area contributed by atoms with E-state index in [0.29, 0.717) is 6.54 Å². The van der Waals surface area contributed by atoms with Crippen LogP contribution in [0.3, 0.4) is 0 Å². The van der Waals surface area contributed by atoms with Gasteiger partial charge in [-0.15, -0.1) is 11.3 Å². The first-order valence-corrected chi connectivity index (χ1v) is 4.80. The van der Waals surface area contributed by atoms with E-state index in [1.807, 2.05) is 19.2 Å². The maximum absolute atomic E-state index is 10.4. The Hall–Kier alpha value is -0.900. The molecule has 1 N–H and O–H groups in total. The van der Waals surface area contributed by atoms with E-state index in [9.17, 15) is 4.79 Å². The third-order valence-electron chi connectivity index (χ3n) is 0.972. The summed E-state index contributed by atoms with van der Waals surface area (Å²) in [5.41, 5.74) is 0. The molecule has 0 aliphatic rings. The third-order valence-corrected chi connectivity index (χ3v) is 1.75. The Labute approximate surface area is 76.8 Å². The van der Waals surface area contributed by atoms with Gasteiger partial charge in [0.2, 0.25) is 5.91 Å². The molecule has 0 aliphatic heterocycles. The van der Waals surface area contributed by atoms with Gasteiger partial charge in [0.05, 0.1) is 6.54 Å². The molecular weight excluding hydrogens is 172 g/mol. The zero-order valence-corrected chi connectivity index (χ0v) is 8.44. The summed E-state index contributed by atoms with van der Waals surface area (Å²) < 4.78 is 0. The molecular formula is C8H14N2OS. The van der Waals surface area contributed by atoms with Gasteiger partial charge in [0, 0.05) is 18.5 Å². The summed E-state index contributed by atoms with van der Waals surface area (Å²) in [6, 6.07) is 0. The normalized spacial score (nSPS) is 8.25. The molecule has 1 amide bonds. The van der Waals surface area contributed by atoms with Crippen LogP contribution in [0.2, 0.25) is 0 Å². The van der Waals surface area contributed by atoms with Crippen LogP contribution in [-0.2, 0) is 11.3 Å². The van der Waals surface area contributed by atoms with Crippen molar-refractivity contribution < 1.29 is 4.79 Å². The highest BCUT2D eigenvalue weighted by atomic mass is 32.1. The van der Waals surface area contributed by atoms with E-state index in [-0.39, 0.29) is 5.91 Å². The average Bonchev–Trinajstić information content (AvgIpc) is 2.56. The van der Waals surface area contributed by atoms with Crippen LogP contribution in [0.25, 0.3) is 0 Å². The fourth-order valence-corrected chi connectivity index (χ4v) is 1.10. The molecule has 0 aliphatic carbocycles. The molecule has 0 radical (unpaired) electrons. The Morgan fingerprint density at radius 2 is 2.33 bits per heavy atom. The maximum atomic E-state index is 10.4. The third kappa shape index (κ3) is 4.85. The number of nitrogens with zero attached hydrogens (tertiary/aromatic N) is 1. The summed E-state index contributed by atoms with van der Waals surface area (Å²) in [6.07, 6.45) is 1.72. The lowest BCUT2D eigenvalue weighted by Gasteiger charge is -1.94. The molecule has 1 aromatic rings. The van der Waals surface area contributed by atoms with Gasteiger partial charge in [0.15, 0.2) is 0 Å². The van der Waals surface area contributed by atoms with E-state index >= 15 is 0 Å². The molecule has 0 saturated carbocycles. The predicted molar refractivity (Wildman–Crippen MR) is 51.0 cm³/mol. The fourth-order valence-electron chi connectivity index (χ4n) is 0.540. The van der Waals surface area contributed by atoms with E-state index in [0.717, 1.165) is 5.01 Å². The number of aromatic nitrogens is 1. The van der Waals surface area contributed by atoms with Crippen LogP contribution in [0.1, 0.15) is 25.8 Å². The Balaban J connectivity index is 0.000000561. The predicted octanol–water partition coefficient (Wildman–Crippen LogP) is 1.81. The number of hydrogen-bond acceptors (Lipinski definition) is 3. The lowest BCUT2D eigenvalue weighted by atomic mass is 10.6. The van der Waals surface area contributed by atoms with Crippen molar-refractivity contribution in [3.63, 3.8) is 0 Å². The van der Waals surface area contributed by atoms with Gasteiger partial charge < -0.3 is 5.32 Å². The van der Waals surface area contributed by atoms with Crippen molar-refractivity contribution >= 4 is 17.2 Å². The number of carbonyl (C=O) groups excluding carboxylic acids is 1. The minimum absolute atomic E-state index is 0.0183. The molecule has 4 heteroatoms. The minimum Gasteiger partial charge on any atom is -0.350 e. The maximum Gasteiger partial charge on any atom is 0.217 e. The quantitative estimate of drug-likeness (QED) is 0.765. The number of nitrogens with one attached hydrogen (secondary N) is 1. The Kier molecular flexibility index (Phi) is 6.28. The van der Waals surface area contributed by atoms with Gasteiger partial charge in [-0.1, -0.05) is 13.8 Å². The summed E-state index contributed by atoms with van der Waals surface area (Å²) >= 11 is 1.54. The summed E-state index contributed by atoms with van der Waals surface area (Å²) in [7, 11) is 0. The zero-order valence-electron chi connectivity index (χ0n) is 7.63. The lowest BCUT2D eigenvalue weighted by molar-refractivity contribution is -0.119.